The fourth-order valence-corrected chi connectivity index (χ4v) is 4.26. The minimum Gasteiger partial charge on any atom is -0.460 e. The number of likely N-dealkylation sites (tertiary alicyclic amines) is 1. The Morgan fingerprint density at radius 2 is 1.86 bits per heavy atom. The molecule has 1 amide bonds. The molecule has 1 saturated heterocycles. The molecule has 0 unspecified atom stereocenters. The van der Waals surface area contributed by atoms with Gasteiger partial charge in [-0.25, -0.2) is 0 Å². The first-order chi connectivity index (χ1) is 13.1. The molecule has 2 atom stereocenters. The number of ether oxygens (including phenoxy) is 1. The number of aliphatic hydroxyl groups is 1. The van der Waals surface area contributed by atoms with Crippen molar-refractivity contribution in [2.75, 3.05) is 13.1 Å². The molecule has 0 saturated carbocycles. The van der Waals surface area contributed by atoms with Gasteiger partial charge in [-0.3, -0.25) is 9.59 Å². The average Bonchev–Trinajstić information content (AvgIpc) is 2.97. The smallest absolute Gasteiger partial charge is 0.307 e. The number of piperidine rings is 1. The summed E-state index contributed by atoms with van der Waals surface area (Å²) in [5, 5.41) is 10.1. The molecule has 0 radical (unpaired) electrons. The van der Waals surface area contributed by atoms with E-state index in [0.717, 1.165) is 12.8 Å². The van der Waals surface area contributed by atoms with Crippen molar-refractivity contribution in [3.05, 3.63) is 41.5 Å². The lowest BCUT2D eigenvalue weighted by Crippen LogP contribution is -2.48. The third-order valence-corrected chi connectivity index (χ3v) is 5.75. The normalized spacial score (nSPS) is 20.0. The summed E-state index contributed by atoms with van der Waals surface area (Å²) in [6, 6.07) is 8.41. The average molecular weight is 386 g/mol. The third kappa shape index (κ3) is 4.30. The van der Waals surface area contributed by atoms with E-state index in [4.69, 9.17) is 4.74 Å². The Labute approximate surface area is 167 Å². The second-order valence-corrected chi connectivity index (χ2v) is 9.04. The van der Waals surface area contributed by atoms with Gasteiger partial charge in [0.15, 0.2) is 0 Å². The van der Waals surface area contributed by atoms with E-state index in [1.165, 1.54) is 11.1 Å². The molecule has 152 valence electrons. The fourth-order valence-electron chi connectivity index (χ4n) is 4.26. The maximum Gasteiger partial charge on any atom is 0.307 e. The van der Waals surface area contributed by atoms with Gasteiger partial charge in [0.2, 0.25) is 5.91 Å². The topological polar surface area (TPSA) is 66.8 Å². The standard InChI is InChI=1S/C23H31NO4/c1-16(25)18(15-20(26)28-22(2,3)4)21(27)24-13-11-23(12-14-24)10-9-17-7-5-6-8-19(17)23/h5-10,16,18,25H,11-15H2,1-4H3/t16-,18+/m1/s1. The van der Waals surface area contributed by atoms with Crippen LogP contribution in [0, 0.1) is 5.92 Å². The van der Waals surface area contributed by atoms with Gasteiger partial charge < -0.3 is 14.7 Å². The van der Waals surface area contributed by atoms with Crippen molar-refractivity contribution in [3.63, 3.8) is 0 Å². The molecule has 1 aromatic carbocycles. The van der Waals surface area contributed by atoms with Crippen LogP contribution in [-0.4, -0.2) is 46.7 Å². The molecule has 5 heteroatoms. The zero-order valence-corrected chi connectivity index (χ0v) is 17.3. The lowest BCUT2D eigenvalue weighted by atomic mass is 9.74. The van der Waals surface area contributed by atoms with Gasteiger partial charge in [-0.05, 0) is 51.7 Å². The van der Waals surface area contributed by atoms with Crippen LogP contribution in [0.3, 0.4) is 0 Å². The van der Waals surface area contributed by atoms with E-state index in [9.17, 15) is 14.7 Å². The minimum absolute atomic E-state index is 0.00113. The van der Waals surface area contributed by atoms with Crippen LogP contribution in [0.1, 0.15) is 58.1 Å². The lowest BCUT2D eigenvalue weighted by Gasteiger charge is -2.40. The highest BCUT2D eigenvalue weighted by molar-refractivity contribution is 5.84. The van der Waals surface area contributed by atoms with Gasteiger partial charge in [-0.2, -0.15) is 0 Å². The largest absolute Gasteiger partial charge is 0.460 e. The van der Waals surface area contributed by atoms with Gasteiger partial charge in [-0.1, -0.05) is 36.4 Å². The van der Waals surface area contributed by atoms with E-state index < -0.39 is 23.6 Å². The Balaban J connectivity index is 1.65. The van der Waals surface area contributed by atoms with Crippen molar-refractivity contribution in [2.45, 2.75) is 64.1 Å². The van der Waals surface area contributed by atoms with Gasteiger partial charge in [-0.15, -0.1) is 0 Å². The van der Waals surface area contributed by atoms with E-state index >= 15 is 0 Å². The predicted octanol–water partition coefficient (Wildman–Crippen LogP) is 3.30. The van der Waals surface area contributed by atoms with Crippen LogP contribution in [0.15, 0.2) is 30.3 Å². The molecular weight excluding hydrogens is 354 g/mol. The first kappa shape index (κ1) is 20.6. The number of esters is 1. The van der Waals surface area contributed by atoms with Crippen LogP contribution in [0.25, 0.3) is 6.08 Å². The number of hydrogen-bond acceptors (Lipinski definition) is 4. The molecule has 3 rings (SSSR count). The molecule has 1 fully saturated rings. The molecule has 28 heavy (non-hydrogen) atoms. The highest BCUT2D eigenvalue weighted by atomic mass is 16.6. The Kier molecular flexibility index (Phi) is 5.67. The summed E-state index contributed by atoms with van der Waals surface area (Å²) < 4.78 is 5.34. The molecule has 1 N–H and O–H groups in total. The summed E-state index contributed by atoms with van der Waals surface area (Å²) in [5.41, 5.74) is 1.99. The van der Waals surface area contributed by atoms with Gasteiger partial charge in [0.05, 0.1) is 18.4 Å². The SMILES string of the molecule is C[C@@H](O)[C@H](CC(=O)OC(C)(C)C)C(=O)N1CCC2(C=Cc3ccccc32)CC1. The van der Waals surface area contributed by atoms with Crippen LogP contribution in [0.4, 0.5) is 0 Å². The van der Waals surface area contributed by atoms with Crippen molar-refractivity contribution in [3.8, 4) is 0 Å². The number of nitrogens with zero attached hydrogens (tertiary/aromatic N) is 1. The third-order valence-electron chi connectivity index (χ3n) is 5.75. The van der Waals surface area contributed by atoms with Crippen molar-refractivity contribution in [1.29, 1.82) is 0 Å². The van der Waals surface area contributed by atoms with E-state index in [2.05, 4.69) is 30.4 Å². The van der Waals surface area contributed by atoms with Gasteiger partial charge in [0.1, 0.15) is 5.60 Å². The molecule has 5 nitrogen and oxygen atoms in total. The zero-order chi connectivity index (χ0) is 20.5. The summed E-state index contributed by atoms with van der Waals surface area (Å²) >= 11 is 0. The number of benzene rings is 1. The number of carbonyl (C=O) groups is 2. The Morgan fingerprint density at radius 1 is 1.21 bits per heavy atom. The van der Waals surface area contributed by atoms with E-state index in [1.54, 1.807) is 32.6 Å². The van der Waals surface area contributed by atoms with Crippen LogP contribution in [0.2, 0.25) is 0 Å². The Bertz CT molecular complexity index is 767. The van der Waals surface area contributed by atoms with Gasteiger partial charge >= 0.3 is 5.97 Å². The Hall–Kier alpha value is -2.14. The molecule has 2 aliphatic rings. The monoisotopic (exact) mass is 385 g/mol. The van der Waals surface area contributed by atoms with E-state index in [-0.39, 0.29) is 17.7 Å². The van der Waals surface area contributed by atoms with E-state index in [0.29, 0.717) is 13.1 Å². The number of hydrogen-bond donors (Lipinski definition) is 1. The number of rotatable bonds is 4. The van der Waals surface area contributed by atoms with Crippen LogP contribution in [-0.2, 0) is 19.7 Å². The molecule has 0 bridgehead atoms. The molecule has 1 aromatic rings. The highest BCUT2D eigenvalue weighted by Crippen LogP contribution is 2.43. The number of allylic oxidation sites excluding steroid dienone is 1. The second-order valence-electron chi connectivity index (χ2n) is 9.04. The molecule has 0 aromatic heterocycles. The van der Waals surface area contributed by atoms with Crippen molar-refractivity contribution in [2.24, 2.45) is 5.92 Å². The predicted molar refractivity (Wildman–Crippen MR) is 109 cm³/mol. The maximum atomic E-state index is 13.0. The quantitative estimate of drug-likeness (QED) is 0.808. The van der Waals surface area contributed by atoms with Crippen LogP contribution in [0.5, 0.6) is 0 Å². The summed E-state index contributed by atoms with van der Waals surface area (Å²) in [4.78, 5) is 27.0. The summed E-state index contributed by atoms with van der Waals surface area (Å²) in [7, 11) is 0. The van der Waals surface area contributed by atoms with Gasteiger partial charge in [0, 0.05) is 18.5 Å². The maximum absolute atomic E-state index is 13.0. The van der Waals surface area contributed by atoms with Crippen molar-refractivity contribution < 1.29 is 19.4 Å². The number of aliphatic hydroxyl groups excluding tert-OH is 1. The number of carbonyl (C=O) groups excluding carboxylic acids is 2. The molecule has 1 spiro atoms. The summed E-state index contributed by atoms with van der Waals surface area (Å²) in [5.74, 6) is -1.38. The number of amides is 1. The zero-order valence-electron chi connectivity index (χ0n) is 17.3. The van der Waals surface area contributed by atoms with Crippen LogP contribution >= 0.6 is 0 Å². The summed E-state index contributed by atoms with van der Waals surface area (Å²) in [6.07, 6.45) is 5.15. The molecule has 1 aliphatic heterocycles. The Morgan fingerprint density at radius 3 is 2.46 bits per heavy atom. The minimum atomic E-state index is -0.900. The number of fused-ring (bicyclic) bond motifs is 2. The van der Waals surface area contributed by atoms with Gasteiger partial charge in [0.25, 0.3) is 0 Å². The molecular formula is C23H31NO4. The second kappa shape index (κ2) is 7.70. The summed E-state index contributed by atoms with van der Waals surface area (Å²) in [6.45, 7) is 8.18. The fraction of sp³-hybridized carbons (Fsp3) is 0.565. The van der Waals surface area contributed by atoms with Crippen molar-refractivity contribution >= 4 is 18.0 Å². The van der Waals surface area contributed by atoms with Crippen molar-refractivity contribution in [1.82, 2.24) is 4.90 Å². The first-order valence-electron chi connectivity index (χ1n) is 10.1. The molecule has 1 aliphatic carbocycles. The lowest BCUT2D eigenvalue weighted by molar-refractivity contribution is -0.160. The van der Waals surface area contributed by atoms with Crippen LogP contribution < -0.4 is 0 Å². The first-order valence-corrected chi connectivity index (χ1v) is 10.1. The highest BCUT2D eigenvalue weighted by Gasteiger charge is 2.41. The molecule has 1 heterocycles. The van der Waals surface area contributed by atoms with E-state index in [1.807, 2.05) is 6.07 Å².